The zero-order valence-corrected chi connectivity index (χ0v) is 12.7. The van der Waals surface area contributed by atoms with E-state index in [4.69, 9.17) is 4.74 Å². The summed E-state index contributed by atoms with van der Waals surface area (Å²) in [4.78, 5) is 12.2. The van der Waals surface area contributed by atoms with E-state index in [-0.39, 0.29) is 17.5 Å². The zero-order chi connectivity index (χ0) is 13.9. The third-order valence-electron chi connectivity index (χ3n) is 4.53. The fourth-order valence-electron chi connectivity index (χ4n) is 3.30. The Bertz CT molecular complexity index is 296. The van der Waals surface area contributed by atoms with Crippen LogP contribution in [0.15, 0.2) is 0 Å². The molecule has 110 valence electrons. The average Bonchev–Trinajstić information content (AvgIpc) is 2.89. The Labute approximate surface area is 117 Å². The Hall–Kier alpha value is -0.570. The second kappa shape index (κ2) is 6.25. The fraction of sp³-hybridized carbons (Fsp3) is 0.938. The van der Waals surface area contributed by atoms with Crippen LogP contribution in [0, 0.1) is 17.3 Å². The zero-order valence-electron chi connectivity index (χ0n) is 12.7. The van der Waals surface area contributed by atoms with Gasteiger partial charge in [-0.2, -0.15) is 0 Å². The second-order valence-corrected chi connectivity index (χ2v) is 7.27. The number of esters is 1. The number of hydrogen-bond acceptors (Lipinski definition) is 3. The van der Waals surface area contributed by atoms with Crippen LogP contribution in [0.25, 0.3) is 0 Å². The third kappa shape index (κ3) is 3.95. The van der Waals surface area contributed by atoms with Crippen LogP contribution in [0.1, 0.15) is 59.3 Å². The second-order valence-electron chi connectivity index (χ2n) is 7.27. The molecule has 3 heteroatoms. The number of ether oxygens (including phenoxy) is 1. The lowest BCUT2D eigenvalue weighted by atomic mass is 9.79. The first kappa shape index (κ1) is 14.8. The number of carbonyl (C=O) groups is 1. The van der Waals surface area contributed by atoms with Gasteiger partial charge in [0.05, 0.1) is 5.41 Å². The smallest absolute Gasteiger partial charge is 0.311 e. The maximum atomic E-state index is 12.2. The Morgan fingerprint density at radius 2 is 1.79 bits per heavy atom. The molecule has 1 saturated heterocycles. The molecule has 19 heavy (non-hydrogen) atoms. The van der Waals surface area contributed by atoms with Gasteiger partial charge in [0.2, 0.25) is 0 Å². The summed E-state index contributed by atoms with van der Waals surface area (Å²) in [6.07, 6.45) is 7.71. The van der Waals surface area contributed by atoms with Crippen molar-refractivity contribution in [3.05, 3.63) is 0 Å². The molecule has 0 aromatic heterocycles. The molecule has 2 atom stereocenters. The van der Waals surface area contributed by atoms with E-state index in [1.165, 1.54) is 32.1 Å². The quantitative estimate of drug-likeness (QED) is 0.798. The highest BCUT2D eigenvalue weighted by atomic mass is 16.5. The van der Waals surface area contributed by atoms with E-state index in [1.807, 2.05) is 20.8 Å². The standard InChI is InChI=1S/C16H29NO2/c1-16(2,3)15(18)19-14(13-9-10-17-11-13)12-7-5-4-6-8-12/h12-14,17H,4-11H2,1-3H3/t13-,14+/m0/s1. The molecule has 2 aliphatic rings. The molecule has 0 aromatic carbocycles. The van der Waals surface area contributed by atoms with Gasteiger partial charge < -0.3 is 10.1 Å². The number of hydrogen-bond donors (Lipinski definition) is 1. The minimum Gasteiger partial charge on any atom is -0.461 e. The van der Waals surface area contributed by atoms with Crippen molar-refractivity contribution in [3.63, 3.8) is 0 Å². The molecular weight excluding hydrogens is 238 g/mol. The topological polar surface area (TPSA) is 38.3 Å². The molecule has 0 spiro atoms. The highest BCUT2D eigenvalue weighted by Gasteiger charge is 2.37. The van der Waals surface area contributed by atoms with Crippen LogP contribution in [0.2, 0.25) is 0 Å². The van der Waals surface area contributed by atoms with Crippen LogP contribution in [-0.2, 0) is 9.53 Å². The maximum Gasteiger partial charge on any atom is 0.311 e. The van der Waals surface area contributed by atoms with Crippen molar-refractivity contribution in [2.45, 2.75) is 65.4 Å². The Balaban J connectivity index is 2.02. The molecule has 0 bridgehead atoms. The summed E-state index contributed by atoms with van der Waals surface area (Å²) < 4.78 is 5.96. The number of rotatable bonds is 3. The molecule has 0 radical (unpaired) electrons. The Kier molecular flexibility index (Phi) is 4.88. The van der Waals surface area contributed by atoms with Gasteiger partial charge in [0, 0.05) is 12.5 Å². The van der Waals surface area contributed by atoms with Crippen molar-refractivity contribution >= 4 is 5.97 Å². The van der Waals surface area contributed by atoms with Crippen LogP contribution < -0.4 is 5.32 Å². The van der Waals surface area contributed by atoms with Gasteiger partial charge in [0.25, 0.3) is 0 Å². The highest BCUT2D eigenvalue weighted by molar-refractivity contribution is 5.75. The number of carbonyl (C=O) groups excluding carboxylic acids is 1. The van der Waals surface area contributed by atoms with Gasteiger partial charge in [-0.3, -0.25) is 4.79 Å². The first-order valence-electron chi connectivity index (χ1n) is 7.90. The third-order valence-corrected chi connectivity index (χ3v) is 4.53. The van der Waals surface area contributed by atoms with Gasteiger partial charge in [-0.05, 0) is 52.5 Å². The van der Waals surface area contributed by atoms with Crippen molar-refractivity contribution in [2.75, 3.05) is 13.1 Å². The molecular formula is C16H29NO2. The lowest BCUT2D eigenvalue weighted by Gasteiger charge is -2.35. The minimum atomic E-state index is -0.390. The van der Waals surface area contributed by atoms with Crippen LogP contribution in [0.5, 0.6) is 0 Å². The molecule has 1 N–H and O–H groups in total. The van der Waals surface area contributed by atoms with E-state index in [0.29, 0.717) is 11.8 Å². The van der Waals surface area contributed by atoms with Crippen molar-refractivity contribution in [1.82, 2.24) is 5.32 Å². The molecule has 1 heterocycles. The Morgan fingerprint density at radius 3 is 2.32 bits per heavy atom. The summed E-state index contributed by atoms with van der Waals surface area (Å²) in [6, 6.07) is 0. The minimum absolute atomic E-state index is 0.0324. The molecule has 0 aromatic rings. The van der Waals surface area contributed by atoms with E-state index < -0.39 is 0 Å². The molecule has 1 aliphatic carbocycles. The van der Waals surface area contributed by atoms with Crippen molar-refractivity contribution in [1.29, 1.82) is 0 Å². The average molecular weight is 267 g/mol. The first-order chi connectivity index (χ1) is 8.98. The highest BCUT2D eigenvalue weighted by Crippen LogP contribution is 2.34. The monoisotopic (exact) mass is 267 g/mol. The molecule has 2 fully saturated rings. The van der Waals surface area contributed by atoms with Crippen molar-refractivity contribution in [2.24, 2.45) is 17.3 Å². The summed E-state index contributed by atoms with van der Waals surface area (Å²) in [7, 11) is 0. The van der Waals surface area contributed by atoms with E-state index >= 15 is 0 Å². The van der Waals surface area contributed by atoms with Gasteiger partial charge in [-0.1, -0.05) is 19.3 Å². The predicted molar refractivity (Wildman–Crippen MR) is 76.9 cm³/mol. The largest absolute Gasteiger partial charge is 0.461 e. The number of nitrogens with one attached hydrogen (secondary N) is 1. The van der Waals surface area contributed by atoms with Gasteiger partial charge in [-0.15, -0.1) is 0 Å². The molecule has 0 unspecified atom stereocenters. The lowest BCUT2D eigenvalue weighted by molar-refractivity contribution is -0.165. The van der Waals surface area contributed by atoms with Gasteiger partial charge >= 0.3 is 5.97 Å². The summed E-state index contributed by atoms with van der Waals surface area (Å²) in [5.41, 5.74) is -0.390. The fourth-order valence-corrected chi connectivity index (χ4v) is 3.30. The first-order valence-corrected chi connectivity index (χ1v) is 7.90. The molecule has 1 aliphatic heterocycles. The van der Waals surface area contributed by atoms with Gasteiger partial charge in [0.1, 0.15) is 6.10 Å². The van der Waals surface area contributed by atoms with Crippen molar-refractivity contribution in [3.8, 4) is 0 Å². The summed E-state index contributed by atoms with van der Waals surface area (Å²) >= 11 is 0. The van der Waals surface area contributed by atoms with Crippen LogP contribution in [-0.4, -0.2) is 25.2 Å². The van der Waals surface area contributed by atoms with Crippen LogP contribution in [0.3, 0.4) is 0 Å². The van der Waals surface area contributed by atoms with E-state index in [9.17, 15) is 4.79 Å². The lowest BCUT2D eigenvalue weighted by Crippen LogP contribution is -2.39. The van der Waals surface area contributed by atoms with Gasteiger partial charge in [-0.25, -0.2) is 0 Å². The summed E-state index contributed by atoms with van der Waals surface area (Å²) in [6.45, 7) is 7.92. The molecule has 1 saturated carbocycles. The van der Waals surface area contributed by atoms with E-state index in [0.717, 1.165) is 19.5 Å². The molecule has 2 rings (SSSR count). The van der Waals surface area contributed by atoms with Crippen LogP contribution in [0.4, 0.5) is 0 Å². The van der Waals surface area contributed by atoms with Crippen molar-refractivity contribution < 1.29 is 9.53 Å². The normalized spacial score (nSPS) is 27.2. The van der Waals surface area contributed by atoms with Crippen LogP contribution >= 0.6 is 0 Å². The summed E-state index contributed by atoms with van der Waals surface area (Å²) in [5, 5.41) is 3.41. The molecule has 0 amide bonds. The summed E-state index contributed by atoms with van der Waals surface area (Å²) in [5.74, 6) is 1.08. The molecule has 3 nitrogen and oxygen atoms in total. The van der Waals surface area contributed by atoms with Gasteiger partial charge in [0.15, 0.2) is 0 Å². The van der Waals surface area contributed by atoms with E-state index in [2.05, 4.69) is 5.32 Å². The maximum absolute atomic E-state index is 12.2. The Morgan fingerprint density at radius 1 is 1.11 bits per heavy atom. The predicted octanol–water partition coefficient (Wildman–Crippen LogP) is 3.13. The SMILES string of the molecule is CC(C)(C)C(=O)O[C@H](C1CCCCC1)[C@H]1CCNC1. The van der Waals surface area contributed by atoms with E-state index in [1.54, 1.807) is 0 Å².